The molecule has 15 heavy (non-hydrogen) atoms. The van der Waals surface area contributed by atoms with E-state index in [4.69, 9.17) is 5.26 Å². The fourth-order valence-corrected chi connectivity index (χ4v) is 1.70. The van der Waals surface area contributed by atoms with E-state index in [9.17, 15) is 13.6 Å². The lowest BCUT2D eigenvalue weighted by Crippen LogP contribution is -2.47. The quantitative estimate of drug-likeness (QED) is 0.706. The van der Waals surface area contributed by atoms with Crippen LogP contribution in [-0.4, -0.2) is 29.8 Å². The highest BCUT2D eigenvalue weighted by Crippen LogP contribution is 2.27. The molecule has 0 aliphatic carbocycles. The summed E-state index contributed by atoms with van der Waals surface area (Å²) in [5.41, 5.74) is 0. The minimum absolute atomic E-state index is 0.167. The average Bonchev–Trinajstić information content (AvgIpc) is 2.18. The predicted molar refractivity (Wildman–Crippen MR) is 50.2 cm³/mol. The van der Waals surface area contributed by atoms with Crippen molar-refractivity contribution in [3.05, 3.63) is 0 Å². The Labute approximate surface area is 87.7 Å². The topological polar surface area (TPSA) is 44.1 Å². The van der Waals surface area contributed by atoms with E-state index in [1.54, 1.807) is 6.92 Å². The highest BCUT2D eigenvalue weighted by Gasteiger charge is 2.38. The van der Waals surface area contributed by atoms with Gasteiger partial charge in [-0.25, -0.2) is 8.78 Å². The Kier molecular flexibility index (Phi) is 3.61. The summed E-state index contributed by atoms with van der Waals surface area (Å²) in [7, 11) is 0. The fraction of sp³-hybridized carbons (Fsp3) is 0.800. The van der Waals surface area contributed by atoms with Gasteiger partial charge in [-0.15, -0.1) is 0 Å². The zero-order valence-corrected chi connectivity index (χ0v) is 8.67. The molecule has 0 aromatic carbocycles. The number of carbonyl (C=O) groups is 1. The molecule has 3 nitrogen and oxygen atoms in total. The summed E-state index contributed by atoms with van der Waals surface area (Å²) in [5, 5.41) is 8.67. The van der Waals surface area contributed by atoms with Crippen molar-refractivity contribution in [2.45, 2.75) is 32.1 Å². The molecule has 1 saturated heterocycles. The second kappa shape index (κ2) is 4.56. The number of hydrogen-bond donors (Lipinski definition) is 0. The number of hydrogen-bond acceptors (Lipinski definition) is 2. The van der Waals surface area contributed by atoms with Crippen molar-refractivity contribution >= 4 is 5.91 Å². The Morgan fingerprint density at radius 1 is 1.67 bits per heavy atom. The van der Waals surface area contributed by atoms with E-state index in [-0.39, 0.29) is 6.42 Å². The van der Waals surface area contributed by atoms with Crippen molar-refractivity contribution in [3.8, 4) is 6.07 Å². The number of likely N-dealkylation sites (tertiary alicyclic amines) is 1. The lowest BCUT2D eigenvalue weighted by atomic mass is 10.0. The number of carbonyl (C=O) groups excluding carboxylic acids is 1. The van der Waals surface area contributed by atoms with Gasteiger partial charge in [-0.2, -0.15) is 5.26 Å². The maximum Gasteiger partial charge on any atom is 0.265 e. The van der Waals surface area contributed by atoms with Gasteiger partial charge in [-0.05, 0) is 12.8 Å². The Balaban J connectivity index is 2.64. The molecule has 1 amide bonds. The molecular weight excluding hydrogens is 202 g/mol. The summed E-state index contributed by atoms with van der Waals surface area (Å²) in [4.78, 5) is 12.7. The summed E-state index contributed by atoms with van der Waals surface area (Å²) in [6.07, 6.45) is 0.512. The summed E-state index contributed by atoms with van der Waals surface area (Å²) in [6.45, 7) is 1.50. The molecule has 0 spiro atoms. The van der Waals surface area contributed by atoms with Crippen LogP contribution in [0.4, 0.5) is 8.78 Å². The first-order valence-electron chi connectivity index (χ1n) is 5.06. The molecule has 1 unspecified atom stereocenters. The van der Waals surface area contributed by atoms with E-state index in [0.29, 0.717) is 19.4 Å². The molecule has 0 saturated carbocycles. The van der Waals surface area contributed by atoms with Crippen LogP contribution >= 0.6 is 0 Å². The molecule has 1 aliphatic heterocycles. The third kappa shape index (κ3) is 2.88. The molecule has 1 rings (SSSR count). The number of amides is 1. The molecular formula is C10H14F2N2O. The van der Waals surface area contributed by atoms with E-state index in [2.05, 4.69) is 0 Å². The number of piperidine rings is 1. The number of alkyl halides is 2. The molecule has 0 bridgehead atoms. The van der Waals surface area contributed by atoms with Crippen LogP contribution in [0.1, 0.15) is 26.2 Å². The number of rotatable bonds is 2. The van der Waals surface area contributed by atoms with Crippen LogP contribution in [-0.2, 0) is 4.79 Å². The first kappa shape index (κ1) is 11.9. The van der Waals surface area contributed by atoms with E-state index in [1.807, 2.05) is 6.07 Å². The predicted octanol–water partition coefficient (Wildman–Crippen LogP) is 1.79. The molecule has 0 aromatic rings. The monoisotopic (exact) mass is 216 g/mol. The minimum atomic E-state index is -2.79. The minimum Gasteiger partial charge on any atom is -0.336 e. The zero-order chi connectivity index (χ0) is 11.5. The normalized spacial score (nSPS) is 21.9. The van der Waals surface area contributed by atoms with Crippen LogP contribution in [0.3, 0.4) is 0 Å². The maximum absolute atomic E-state index is 13.0. The van der Waals surface area contributed by atoms with Crippen molar-refractivity contribution in [3.63, 3.8) is 0 Å². The van der Waals surface area contributed by atoms with Crippen molar-refractivity contribution in [2.24, 2.45) is 5.92 Å². The van der Waals surface area contributed by atoms with Gasteiger partial charge in [0.05, 0.1) is 12.6 Å². The largest absolute Gasteiger partial charge is 0.336 e. The van der Waals surface area contributed by atoms with Crippen LogP contribution in [0.15, 0.2) is 0 Å². The molecule has 84 valence electrons. The second-order valence-electron chi connectivity index (χ2n) is 3.81. The first-order valence-corrected chi connectivity index (χ1v) is 5.06. The van der Waals surface area contributed by atoms with E-state index >= 15 is 0 Å². The summed E-state index contributed by atoms with van der Waals surface area (Å²) >= 11 is 0. The lowest BCUT2D eigenvalue weighted by molar-refractivity contribution is -0.144. The average molecular weight is 216 g/mol. The molecule has 1 aliphatic rings. The summed E-state index contributed by atoms with van der Waals surface area (Å²) in [6, 6.07) is 1.84. The van der Waals surface area contributed by atoms with Gasteiger partial charge in [0.2, 0.25) is 5.91 Å². The van der Waals surface area contributed by atoms with Gasteiger partial charge in [-0.3, -0.25) is 4.79 Å². The first-order chi connectivity index (χ1) is 7.00. The molecule has 0 aromatic heterocycles. The maximum atomic E-state index is 13.0. The standard InChI is InChI=1S/C10H14F2N2O/c1-2-8(6-13)9(15)14-5-3-4-10(11,12)7-14/h8H,2-5,7H2,1H3. The van der Waals surface area contributed by atoms with Gasteiger partial charge in [0, 0.05) is 13.0 Å². The van der Waals surface area contributed by atoms with Crippen LogP contribution in [0.25, 0.3) is 0 Å². The number of halogens is 2. The van der Waals surface area contributed by atoms with Crippen molar-refractivity contribution in [1.29, 1.82) is 5.26 Å². The highest BCUT2D eigenvalue weighted by molar-refractivity contribution is 5.81. The smallest absolute Gasteiger partial charge is 0.265 e. The summed E-state index contributed by atoms with van der Waals surface area (Å²) in [5.74, 6) is -4.03. The Bertz CT molecular complexity index is 286. The Morgan fingerprint density at radius 2 is 2.33 bits per heavy atom. The zero-order valence-electron chi connectivity index (χ0n) is 8.67. The van der Waals surface area contributed by atoms with Gasteiger partial charge in [0.1, 0.15) is 5.92 Å². The van der Waals surface area contributed by atoms with E-state index in [1.165, 1.54) is 0 Å². The molecule has 0 radical (unpaired) electrons. The third-order valence-corrected chi connectivity index (χ3v) is 2.57. The van der Waals surface area contributed by atoms with Gasteiger partial charge in [-0.1, -0.05) is 6.92 Å². The molecule has 1 fully saturated rings. The number of nitriles is 1. The van der Waals surface area contributed by atoms with Gasteiger partial charge < -0.3 is 4.90 Å². The summed E-state index contributed by atoms with van der Waals surface area (Å²) < 4.78 is 26.0. The third-order valence-electron chi connectivity index (χ3n) is 2.57. The van der Waals surface area contributed by atoms with Crippen LogP contribution in [0.5, 0.6) is 0 Å². The van der Waals surface area contributed by atoms with Crippen molar-refractivity contribution in [1.82, 2.24) is 4.90 Å². The van der Waals surface area contributed by atoms with Crippen LogP contribution in [0, 0.1) is 17.2 Å². The van der Waals surface area contributed by atoms with Crippen LogP contribution in [0.2, 0.25) is 0 Å². The Morgan fingerprint density at radius 3 is 2.80 bits per heavy atom. The second-order valence-corrected chi connectivity index (χ2v) is 3.81. The number of nitrogens with zero attached hydrogens (tertiary/aromatic N) is 2. The van der Waals surface area contributed by atoms with E-state index in [0.717, 1.165) is 4.90 Å². The van der Waals surface area contributed by atoms with Gasteiger partial charge in [0.25, 0.3) is 5.92 Å². The molecule has 0 N–H and O–H groups in total. The Hall–Kier alpha value is -1.18. The van der Waals surface area contributed by atoms with Gasteiger partial charge >= 0.3 is 0 Å². The van der Waals surface area contributed by atoms with Crippen molar-refractivity contribution < 1.29 is 13.6 Å². The highest BCUT2D eigenvalue weighted by atomic mass is 19.3. The van der Waals surface area contributed by atoms with E-state index < -0.39 is 24.3 Å². The fourth-order valence-electron chi connectivity index (χ4n) is 1.70. The van der Waals surface area contributed by atoms with Crippen molar-refractivity contribution in [2.75, 3.05) is 13.1 Å². The lowest BCUT2D eigenvalue weighted by Gasteiger charge is -2.33. The van der Waals surface area contributed by atoms with Gasteiger partial charge in [0.15, 0.2) is 0 Å². The molecule has 1 heterocycles. The molecule has 1 atom stereocenters. The molecule has 5 heteroatoms. The SMILES string of the molecule is CCC(C#N)C(=O)N1CCCC(F)(F)C1. The van der Waals surface area contributed by atoms with Crippen LogP contribution < -0.4 is 0 Å².